The van der Waals surface area contributed by atoms with Gasteiger partial charge in [0.05, 0.1) is 16.4 Å². The van der Waals surface area contributed by atoms with Gasteiger partial charge in [0, 0.05) is 17.6 Å². The summed E-state index contributed by atoms with van der Waals surface area (Å²) in [6, 6.07) is 6.84. The Bertz CT molecular complexity index is 609. The van der Waals surface area contributed by atoms with Gasteiger partial charge in [0.2, 0.25) is 5.91 Å². The van der Waals surface area contributed by atoms with Crippen LogP contribution in [0, 0.1) is 0 Å². The molecule has 1 aromatic heterocycles. The van der Waals surface area contributed by atoms with E-state index < -0.39 is 0 Å². The van der Waals surface area contributed by atoms with E-state index in [9.17, 15) is 4.79 Å². The molecule has 7 heteroatoms. The SMILES string of the molecule is Nc1ccc(Cl)cc1NC(=O)CCCSc1ccncn1. The van der Waals surface area contributed by atoms with E-state index in [1.54, 1.807) is 36.2 Å². The molecule has 0 aliphatic heterocycles. The minimum atomic E-state index is -0.0766. The number of nitrogens with one attached hydrogen (secondary N) is 1. The van der Waals surface area contributed by atoms with Crippen molar-refractivity contribution in [3.05, 3.63) is 41.8 Å². The van der Waals surface area contributed by atoms with E-state index in [-0.39, 0.29) is 5.91 Å². The number of hydrogen-bond donors (Lipinski definition) is 2. The van der Waals surface area contributed by atoms with Crippen molar-refractivity contribution in [1.82, 2.24) is 9.97 Å². The molecule has 0 aliphatic carbocycles. The van der Waals surface area contributed by atoms with E-state index in [1.165, 1.54) is 6.33 Å². The lowest BCUT2D eigenvalue weighted by atomic mass is 10.2. The maximum atomic E-state index is 11.8. The highest BCUT2D eigenvalue weighted by Gasteiger charge is 2.06. The molecule has 0 saturated heterocycles. The molecule has 21 heavy (non-hydrogen) atoms. The van der Waals surface area contributed by atoms with Crippen LogP contribution in [0.15, 0.2) is 41.8 Å². The number of amides is 1. The topological polar surface area (TPSA) is 80.9 Å². The molecular formula is C14H15ClN4OS. The summed E-state index contributed by atoms with van der Waals surface area (Å²) in [6.45, 7) is 0. The molecule has 0 spiro atoms. The molecule has 2 aromatic rings. The number of rotatable bonds is 6. The predicted octanol–water partition coefficient (Wildman–Crippen LogP) is 3.22. The van der Waals surface area contributed by atoms with Crippen LogP contribution < -0.4 is 11.1 Å². The van der Waals surface area contributed by atoms with Gasteiger partial charge in [-0.25, -0.2) is 9.97 Å². The van der Waals surface area contributed by atoms with E-state index in [0.717, 1.165) is 17.2 Å². The molecule has 0 bridgehead atoms. The van der Waals surface area contributed by atoms with E-state index >= 15 is 0 Å². The fourth-order valence-electron chi connectivity index (χ4n) is 1.62. The zero-order chi connectivity index (χ0) is 15.1. The van der Waals surface area contributed by atoms with Gasteiger partial charge < -0.3 is 11.1 Å². The third kappa shape index (κ3) is 5.24. The first-order chi connectivity index (χ1) is 10.1. The maximum absolute atomic E-state index is 11.8. The average Bonchev–Trinajstić information content (AvgIpc) is 2.48. The monoisotopic (exact) mass is 322 g/mol. The van der Waals surface area contributed by atoms with Gasteiger partial charge in [0.25, 0.3) is 0 Å². The van der Waals surface area contributed by atoms with Crippen molar-refractivity contribution in [3.8, 4) is 0 Å². The molecule has 0 radical (unpaired) electrons. The highest BCUT2D eigenvalue weighted by atomic mass is 35.5. The summed E-state index contributed by atoms with van der Waals surface area (Å²) < 4.78 is 0. The Morgan fingerprint density at radius 1 is 1.38 bits per heavy atom. The minimum Gasteiger partial charge on any atom is -0.397 e. The number of benzene rings is 1. The van der Waals surface area contributed by atoms with Crippen LogP contribution in [0.5, 0.6) is 0 Å². The highest BCUT2D eigenvalue weighted by Crippen LogP contribution is 2.23. The summed E-state index contributed by atoms with van der Waals surface area (Å²) in [5, 5.41) is 4.21. The number of carbonyl (C=O) groups excluding carboxylic acids is 1. The fourth-order valence-corrected chi connectivity index (χ4v) is 2.57. The summed E-state index contributed by atoms with van der Waals surface area (Å²) in [4.78, 5) is 19.8. The van der Waals surface area contributed by atoms with Crippen molar-refractivity contribution in [2.24, 2.45) is 0 Å². The van der Waals surface area contributed by atoms with Crippen LogP contribution >= 0.6 is 23.4 Å². The molecule has 1 heterocycles. The molecular weight excluding hydrogens is 308 g/mol. The van der Waals surface area contributed by atoms with Crippen LogP contribution in [0.4, 0.5) is 11.4 Å². The first-order valence-corrected chi connectivity index (χ1v) is 7.75. The molecule has 0 aliphatic rings. The number of halogens is 1. The van der Waals surface area contributed by atoms with Crippen molar-refractivity contribution in [2.45, 2.75) is 17.9 Å². The van der Waals surface area contributed by atoms with Crippen LogP contribution in [0.25, 0.3) is 0 Å². The van der Waals surface area contributed by atoms with Crippen molar-refractivity contribution >= 4 is 40.6 Å². The van der Waals surface area contributed by atoms with E-state index in [2.05, 4.69) is 15.3 Å². The fraction of sp³-hybridized carbons (Fsp3) is 0.214. The number of aromatic nitrogens is 2. The first-order valence-electron chi connectivity index (χ1n) is 6.39. The standard InChI is InChI=1S/C14H15ClN4OS/c15-10-3-4-11(16)12(8-10)19-13(20)2-1-7-21-14-5-6-17-9-18-14/h3-6,8-9H,1-2,7,16H2,(H,19,20). The predicted molar refractivity (Wildman–Crippen MR) is 86.5 cm³/mol. The van der Waals surface area contributed by atoms with Crippen LogP contribution in [-0.4, -0.2) is 21.6 Å². The summed E-state index contributed by atoms with van der Waals surface area (Å²) >= 11 is 7.47. The molecule has 0 atom stereocenters. The maximum Gasteiger partial charge on any atom is 0.224 e. The normalized spacial score (nSPS) is 10.3. The Morgan fingerprint density at radius 2 is 2.24 bits per heavy atom. The molecule has 1 amide bonds. The number of thioether (sulfide) groups is 1. The van der Waals surface area contributed by atoms with E-state index in [4.69, 9.17) is 17.3 Å². The third-order valence-electron chi connectivity index (χ3n) is 2.64. The van der Waals surface area contributed by atoms with Crippen molar-refractivity contribution in [2.75, 3.05) is 16.8 Å². The molecule has 3 N–H and O–H groups in total. The summed E-state index contributed by atoms with van der Waals surface area (Å²) in [7, 11) is 0. The van der Waals surface area contributed by atoms with Gasteiger partial charge in [-0.15, -0.1) is 11.8 Å². The third-order valence-corrected chi connectivity index (χ3v) is 3.91. The zero-order valence-electron chi connectivity index (χ0n) is 11.3. The van der Waals surface area contributed by atoms with Crippen molar-refractivity contribution in [3.63, 3.8) is 0 Å². The van der Waals surface area contributed by atoms with Gasteiger partial charge in [-0.2, -0.15) is 0 Å². The molecule has 5 nitrogen and oxygen atoms in total. The zero-order valence-corrected chi connectivity index (χ0v) is 12.8. The summed E-state index contributed by atoms with van der Waals surface area (Å²) in [6.07, 6.45) is 4.38. The van der Waals surface area contributed by atoms with Crippen LogP contribution in [0.1, 0.15) is 12.8 Å². The van der Waals surface area contributed by atoms with Crippen LogP contribution in [0.3, 0.4) is 0 Å². The minimum absolute atomic E-state index is 0.0766. The highest BCUT2D eigenvalue weighted by molar-refractivity contribution is 7.99. The first kappa shape index (κ1) is 15.6. The second-order valence-electron chi connectivity index (χ2n) is 4.28. The number of nitrogens with zero attached hydrogens (tertiary/aromatic N) is 2. The van der Waals surface area contributed by atoms with E-state index in [1.807, 2.05) is 6.07 Å². The Balaban J connectivity index is 1.74. The van der Waals surface area contributed by atoms with E-state index in [0.29, 0.717) is 22.8 Å². The molecule has 2 rings (SSSR count). The van der Waals surface area contributed by atoms with Crippen molar-refractivity contribution < 1.29 is 4.79 Å². The van der Waals surface area contributed by atoms with Gasteiger partial charge in [-0.05, 0) is 36.4 Å². The number of nitrogens with two attached hydrogens (primary N) is 1. The average molecular weight is 323 g/mol. The Morgan fingerprint density at radius 3 is 3.00 bits per heavy atom. The molecule has 0 saturated carbocycles. The quantitative estimate of drug-likeness (QED) is 0.369. The Hall–Kier alpha value is -1.79. The lowest BCUT2D eigenvalue weighted by Crippen LogP contribution is -2.12. The molecule has 0 unspecified atom stereocenters. The number of hydrogen-bond acceptors (Lipinski definition) is 5. The lowest BCUT2D eigenvalue weighted by Gasteiger charge is -2.08. The van der Waals surface area contributed by atoms with Gasteiger partial charge in [-0.1, -0.05) is 11.6 Å². The Labute approximate surface area is 132 Å². The van der Waals surface area contributed by atoms with Gasteiger partial charge in [0.1, 0.15) is 6.33 Å². The number of carbonyl (C=O) groups is 1. The largest absolute Gasteiger partial charge is 0.397 e. The molecule has 0 fully saturated rings. The summed E-state index contributed by atoms with van der Waals surface area (Å²) in [5.41, 5.74) is 6.83. The molecule has 1 aromatic carbocycles. The second-order valence-corrected chi connectivity index (χ2v) is 5.83. The smallest absolute Gasteiger partial charge is 0.224 e. The van der Waals surface area contributed by atoms with Gasteiger partial charge in [0.15, 0.2) is 0 Å². The van der Waals surface area contributed by atoms with Crippen molar-refractivity contribution in [1.29, 1.82) is 0 Å². The lowest BCUT2D eigenvalue weighted by molar-refractivity contribution is -0.116. The van der Waals surface area contributed by atoms with Crippen LogP contribution in [-0.2, 0) is 4.79 Å². The Kier molecular flexibility index (Phi) is 5.83. The van der Waals surface area contributed by atoms with Crippen LogP contribution in [0.2, 0.25) is 5.02 Å². The second kappa shape index (κ2) is 7.85. The van der Waals surface area contributed by atoms with Gasteiger partial charge >= 0.3 is 0 Å². The molecule has 110 valence electrons. The summed E-state index contributed by atoms with van der Waals surface area (Å²) in [5.74, 6) is 0.738. The number of nitrogen functional groups attached to an aromatic ring is 1. The van der Waals surface area contributed by atoms with Gasteiger partial charge in [-0.3, -0.25) is 4.79 Å². The number of anilines is 2.